The van der Waals surface area contributed by atoms with Gasteiger partial charge in [-0.15, -0.1) is 0 Å². The zero-order valence-electron chi connectivity index (χ0n) is 13.0. The van der Waals surface area contributed by atoms with Crippen LogP contribution in [0, 0.1) is 5.82 Å². The fraction of sp³-hybridized carbons (Fsp3) is 0.267. The van der Waals surface area contributed by atoms with E-state index in [1.165, 1.54) is 4.90 Å². The van der Waals surface area contributed by atoms with Crippen LogP contribution in [0.3, 0.4) is 0 Å². The fourth-order valence-electron chi connectivity index (χ4n) is 2.29. The number of β-amino-alcohol motifs (C(OH)–C–C–N with tert-alkyl or cyclic N) is 1. The van der Waals surface area contributed by atoms with Crippen LogP contribution in [0.25, 0.3) is 0 Å². The third-order valence-electron chi connectivity index (χ3n) is 3.50. The van der Waals surface area contributed by atoms with Crippen LogP contribution in [0.5, 0.6) is 0 Å². The number of carboxylic acid groups (broad SMARTS) is 1. The third-order valence-corrected chi connectivity index (χ3v) is 4.16. The number of anilines is 1. The van der Waals surface area contributed by atoms with E-state index in [0.29, 0.717) is 0 Å². The Kier molecular flexibility index (Phi) is 5.75. The van der Waals surface area contributed by atoms with Crippen molar-refractivity contribution < 1.29 is 33.7 Å². The molecule has 0 unspecified atom stereocenters. The molecule has 0 radical (unpaired) electrons. The number of ether oxygens (including phenoxy) is 1. The Balaban J connectivity index is 2.42. The van der Waals surface area contributed by atoms with Crippen LogP contribution < -0.4 is 5.32 Å². The number of esters is 1. The molecular formula is C15H14BrFN2O6. The minimum atomic E-state index is -1.32. The smallest absolute Gasteiger partial charge is 0.337 e. The van der Waals surface area contributed by atoms with Gasteiger partial charge in [-0.25, -0.2) is 14.0 Å². The van der Waals surface area contributed by atoms with Crippen molar-refractivity contribution in [3.8, 4) is 0 Å². The summed E-state index contributed by atoms with van der Waals surface area (Å²) in [6.45, 7) is -0.403. The zero-order valence-corrected chi connectivity index (χ0v) is 14.6. The summed E-state index contributed by atoms with van der Waals surface area (Å²) in [5.41, 5.74) is -0.676. The molecule has 0 spiro atoms. The largest absolute Gasteiger partial charge is 0.478 e. The number of aromatic carboxylic acids is 1. The molecule has 1 aromatic rings. The number of hydrogen-bond donors (Lipinski definition) is 3. The van der Waals surface area contributed by atoms with Gasteiger partial charge in [0.15, 0.2) is 0 Å². The monoisotopic (exact) mass is 416 g/mol. The first kappa shape index (κ1) is 18.9. The second-order valence-electron chi connectivity index (χ2n) is 5.04. The quantitative estimate of drug-likeness (QED) is 0.591. The van der Waals surface area contributed by atoms with Gasteiger partial charge < -0.3 is 25.2 Å². The van der Waals surface area contributed by atoms with Crippen molar-refractivity contribution in [2.45, 2.75) is 0 Å². The summed E-state index contributed by atoms with van der Waals surface area (Å²) in [6, 6.07) is 1.95. The highest BCUT2D eigenvalue weighted by Gasteiger charge is 2.35. The number of carbonyl (C=O) groups excluding carboxylic acids is 2. The Hall–Kier alpha value is -2.46. The predicted molar refractivity (Wildman–Crippen MR) is 87.4 cm³/mol. The van der Waals surface area contributed by atoms with E-state index in [0.717, 1.165) is 19.2 Å². The molecule has 1 aliphatic rings. The maximum atomic E-state index is 14.2. The maximum absolute atomic E-state index is 14.2. The first-order valence-electron chi connectivity index (χ1n) is 7.01. The lowest BCUT2D eigenvalue weighted by Gasteiger charge is -2.15. The summed E-state index contributed by atoms with van der Waals surface area (Å²) in [4.78, 5) is 36.4. The highest BCUT2D eigenvalue weighted by Crippen LogP contribution is 2.28. The summed E-state index contributed by atoms with van der Waals surface area (Å²) in [5, 5.41) is 20.5. The Labute approximate surface area is 150 Å². The van der Waals surface area contributed by atoms with E-state index in [-0.39, 0.29) is 46.7 Å². The molecule has 2 rings (SSSR count). The average Bonchev–Trinajstić information content (AvgIpc) is 2.86. The van der Waals surface area contributed by atoms with Gasteiger partial charge in [-0.05, 0) is 28.1 Å². The lowest BCUT2D eigenvalue weighted by atomic mass is 10.1. The molecule has 0 atom stereocenters. The van der Waals surface area contributed by atoms with Crippen LogP contribution in [0.1, 0.15) is 10.4 Å². The van der Waals surface area contributed by atoms with E-state index < -0.39 is 23.7 Å². The van der Waals surface area contributed by atoms with Crippen molar-refractivity contribution in [2.24, 2.45) is 0 Å². The number of aliphatic hydroxyl groups is 1. The molecule has 0 bridgehead atoms. The Morgan fingerprint density at radius 1 is 1.44 bits per heavy atom. The van der Waals surface area contributed by atoms with E-state index in [1.807, 2.05) is 0 Å². The van der Waals surface area contributed by atoms with Gasteiger partial charge in [-0.3, -0.25) is 4.79 Å². The normalized spacial score (nSPS) is 14.1. The third kappa shape index (κ3) is 3.80. The molecule has 0 fully saturated rings. The molecule has 1 heterocycles. The molecular weight excluding hydrogens is 403 g/mol. The molecule has 1 aliphatic heterocycles. The topological polar surface area (TPSA) is 116 Å². The van der Waals surface area contributed by atoms with Crippen molar-refractivity contribution >= 4 is 39.5 Å². The van der Waals surface area contributed by atoms with E-state index in [4.69, 9.17) is 10.2 Å². The molecule has 0 aliphatic carbocycles. The van der Waals surface area contributed by atoms with Crippen molar-refractivity contribution in [2.75, 3.05) is 32.1 Å². The number of benzene rings is 1. The minimum Gasteiger partial charge on any atom is -0.478 e. The van der Waals surface area contributed by atoms with E-state index in [2.05, 4.69) is 26.0 Å². The van der Waals surface area contributed by atoms with Gasteiger partial charge in [-0.2, -0.15) is 0 Å². The van der Waals surface area contributed by atoms with Gasteiger partial charge in [0.2, 0.25) is 0 Å². The summed E-state index contributed by atoms with van der Waals surface area (Å²) in [7, 11) is 1.14. The number of rotatable bonds is 6. The predicted octanol–water partition coefficient (Wildman–Crippen LogP) is 0.960. The van der Waals surface area contributed by atoms with Crippen LogP contribution in [-0.4, -0.2) is 59.8 Å². The zero-order chi connectivity index (χ0) is 18.7. The number of nitrogens with zero attached hydrogens (tertiary/aromatic N) is 1. The average molecular weight is 417 g/mol. The van der Waals surface area contributed by atoms with Crippen LogP contribution in [0.4, 0.5) is 10.1 Å². The molecule has 10 heteroatoms. The SMILES string of the molecule is COC(=O)C1=C(Nc2cc(Br)c(C(=O)O)cc2F)C(=O)N(CCO)C1. The molecule has 1 aromatic carbocycles. The minimum absolute atomic E-state index is 0.00532. The number of nitrogens with one attached hydrogen (secondary N) is 1. The number of amides is 1. The van der Waals surface area contributed by atoms with Crippen molar-refractivity contribution in [3.63, 3.8) is 0 Å². The molecule has 3 N–H and O–H groups in total. The number of halogens is 2. The standard InChI is InChI=1S/C15H14BrFN2O6/c1-25-15(24)8-6-19(2-3-20)13(21)12(8)18-11-5-9(16)7(14(22)23)4-10(11)17/h4-5,18,20H,2-3,6H2,1H3,(H,22,23). The van der Waals surface area contributed by atoms with Gasteiger partial charge >= 0.3 is 11.9 Å². The molecule has 0 saturated carbocycles. The van der Waals surface area contributed by atoms with Crippen LogP contribution >= 0.6 is 15.9 Å². The van der Waals surface area contributed by atoms with Gasteiger partial charge in [-0.1, -0.05) is 0 Å². The summed E-state index contributed by atoms with van der Waals surface area (Å²) >= 11 is 3.02. The Morgan fingerprint density at radius 3 is 2.68 bits per heavy atom. The second kappa shape index (κ2) is 7.62. The molecule has 8 nitrogen and oxygen atoms in total. The second-order valence-corrected chi connectivity index (χ2v) is 5.89. The van der Waals surface area contributed by atoms with Crippen LogP contribution in [0.15, 0.2) is 27.9 Å². The van der Waals surface area contributed by atoms with Gasteiger partial charge in [0, 0.05) is 11.0 Å². The van der Waals surface area contributed by atoms with Gasteiger partial charge in [0.1, 0.15) is 11.5 Å². The van der Waals surface area contributed by atoms with Gasteiger partial charge in [0.25, 0.3) is 5.91 Å². The molecule has 0 saturated heterocycles. The highest BCUT2D eigenvalue weighted by molar-refractivity contribution is 9.10. The van der Waals surface area contributed by atoms with E-state index in [1.54, 1.807) is 0 Å². The fourth-order valence-corrected chi connectivity index (χ4v) is 2.80. The van der Waals surface area contributed by atoms with Gasteiger partial charge in [0.05, 0.1) is 37.1 Å². The molecule has 134 valence electrons. The maximum Gasteiger partial charge on any atom is 0.337 e. The first-order chi connectivity index (χ1) is 11.8. The van der Waals surface area contributed by atoms with Crippen molar-refractivity contribution in [3.05, 3.63) is 39.3 Å². The van der Waals surface area contributed by atoms with Crippen molar-refractivity contribution in [1.82, 2.24) is 4.90 Å². The van der Waals surface area contributed by atoms with E-state index >= 15 is 0 Å². The molecule has 25 heavy (non-hydrogen) atoms. The number of carbonyl (C=O) groups is 3. The Morgan fingerprint density at radius 2 is 2.12 bits per heavy atom. The van der Waals surface area contributed by atoms with E-state index in [9.17, 15) is 18.8 Å². The van der Waals surface area contributed by atoms with Crippen LogP contribution in [0.2, 0.25) is 0 Å². The number of aliphatic hydroxyl groups excluding tert-OH is 1. The number of methoxy groups -OCH3 is 1. The number of carboxylic acids is 1. The lowest BCUT2D eigenvalue weighted by Crippen LogP contribution is -2.31. The molecule has 1 amide bonds. The van der Waals surface area contributed by atoms with Crippen molar-refractivity contribution in [1.29, 1.82) is 0 Å². The van der Waals surface area contributed by atoms with Crippen LogP contribution in [-0.2, 0) is 14.3 Å². The Bertz CT molecular complexity index is 780. The highest BCUT2D eigenvalue weighted by atomic mass is 79.9. The summed E-state index contributed by atoms with van der Waals surface area (Å²) in [5.74, 6) is -3.60. The number of hydrogen-bond acceptors (Lipinski definition) is 6. The first-order valence-corrected chi connectivity index (χ1v) is 7.80. The summed E-state index contributed by atoms with van der Waals surface area (Å²) < 4.78 is 18.9. The summed E-state index contributed by atoms with van der Waals surface area (Å²) in [6.07, 6.45) is 0. The molecule has 0 aromatic heterocycles. The lowest BCUT2D eigenvalue weighted by molar-refractivity contribution is -0.136.